The fourth-order valence-corrected chi connectivity index (χ4v) is 5.05. The molecule has 0 radical (unpaired) electrons. The summed E-state index contributed by atoms with van der Waals surface area (Å²) >= 11 is 0. The van der Waals surface area contributed by atoms with E-state index < -0.39 is 21.4 Å². The normalized spacial score (nSPS) is 18.8. The van der Waals surface area contributed by atoms with Gasteiger partial charge in [0.25, 0.3) is 0 Å². The van der Waals surface area contributed by atoms with Crippen LogP contribution >= 0.6 is 0 Å². The number of aromatic hydroxyl groups is 1. The van der Waals surface area contributed by atoms with Gasteiger partial charge in [0.1, 0.15) is 11.6 Å². The third-order valence-corrected chi connectivity index (χ3v) is 6.50. The Morgan fingerprint density at radius 1 is 1.33 bits per heavy atom. The van der Waals surface area contributed by atoms with E-state index >= 15 is 0 Å². The molecule has 4 rings (SSSR count). The second kappa shape index (κ2) is 6.12. The molecule has 0 aliphatic carbocycles. The lowest BCUT2D eigenvalue weighted by atomic mass is 10.0. The van der Waals surface area contributed by atoms with Gasteiger partial charge in [0.05, 0.1) is 28.8 Å². The molecule has 0 unspecified atom stereocenters. The predicted molar refractivity (Wildman–Crippen MR) is 96.1 cm³/mol. The third kappa shape index (κ3) is 3.08. The summed E-state index contributed by atoms with van der Waals surface area (Å²) in [6.45, 7) is 1.75. The van der Waals surface area contributed by atoms with Gasteiger partial charge in [-0.05, 0) is 37.6 Å². The van der Waals surface area contributed by atoms with Crippen molar-refractivity contribution in [2.24, 2.45) is 0 Å². The van der Waals surface area contributed by atoms with E-state index in [1.54, 1.807) is 17.7 Å². The van der Waals surface area contributed by atoms with Crippen molar-refractivity contribution in [2.45, 2.75) is 19.4 Å². The highest BCUT2D eigenvalue weighted by molar-refractivity contribution is 7.91. The number of aryl methyl sites for hydroxylation is 1. The fourth-order valence-electron chi connectivity index (χ4n) is 3.36. The number of sulfone groups is 1. The molecule has 1 aromatic carbocycles. The predicted octanol–water partition coefficient (Wildman–Crippen LogP) is 2.18. The van der Waals surface area contributed by atoms with Crippen LogP contribution in [0, 0.1) is 12.7 Å². The molecule has 1 aliphatic rings. The number of benzene rings is 1. The van der Waals surface area contributed by atoms with Gasteiger partial charge in [-0.15, -0.1) is 0 Å². The minimum atomic E-state index is -3.08. The zero-order valence-corrected chi connectivity index (χ0v) is 15.2. The van der Waals surface area contributed by atoms with Crippen molar-refractivity contribution >= 4 is 26.7 Å². The number of hydrogen-bond donors (Lipinski definition) is 1. The van der Waals surface area contributed by atoms with Crippen LogP contribution in [-0.4, -0.2) is 45.6 Å². The van der Waals surface area contributed by atoms with E-state index in [0.29, 0.717) is 23.1 Å². The van der Waals surface area contributed by atoms with Crippen molar-refractivity contribution < 1.29 is 22.7 Å². The molecule has 1 fully saturated rings. The molecule has 1 saturated heterocycles. The van der Waals surface area contributed by atoms with Crippen LogP contribution in [0.25, 0.3) is 11.0 Å². The lowest BCUT2D eigenvalue weighted by molar-refractivity contribution is 0.103. The quantitative estimate of drug-likeness (QED) is 0.689. The summed E-state index contributed by atoms with van der Waals surface area (Å²) in [6.07, 6.45) is 1.80. The average molecular weight is 389 g/mol. The number of ketones is 1. The number of hydrogen-bond acceptors (Lipinski definition) is 6. The minimum Gasteiger partial charge on any atom is -0.507 e. The standard InChI is InChI=1S/C18H16FN3O4S/c1-10-14-6-11(17(24)15-7-12(19)2-3-16(15)23)8-20-18(14)22(21-10)13-4-5-27(25,26)9-13/h2-3,6-8,13,23H,4-5,9H2,1H3/t13-/m0/s1. The molecule has 3 aromatic rings. The number of rotatable bonds is 3. The van der Waals surface area contributed by atoms with Crippen LogP contribution in [0.15, 0.2) is 30.5 Å². The van der Waals surface area contributed by atoms with Gasteiger partial charge in [0.2, 0.25) is 0 Å². The Hall–Kier alpha value is -2.81. The third-order valence-electron chi connectivity index (χ3n) is 4.75. The van der Waals surface area contributed by atoms with Gasteiger partial charge in [-0.3, -0.25) is 4.79 Å². The zero-order valence-electron chi connectivity index (χ0n) is 14.4. The van der Waals surface area contributed by atoms with Crippen molar-refractivity contribution in [3.63, 3.8) is 0 Å². The minimum absolute atomic E-state index is 0.0166. The van der Waals surface area contributed by atoms with E-state index in [2.05, 4.69) is 10.1 Å². The van der Waals surface area contributed by atoms with Crippen LogP contribution in [0.1, 0.15) is 34.1 Å². The first kappa shape index (κ1) is 17.6. The number of aromatic nitrogens is 3. The second-order valence-corrected chi connectivity index (χ2v) is 8.90. The van der Waals surface area contributed by atoms with E-state index in [0.717, 1.165) is 18.2 Å². The van der Waals surface area contributed by atoms with Gasteiger partial charge in [-0.1, -0.05) is 0 Å². The molecule has 1 N–H and O–H groups in total. The molecule has 140 valence electrons. The first-order valence-electron chi connectivity index (χ1n) is 8.34. The maximum absolute atomic E-state index is 13.4. The molecule has 7 nitrogen and oxygen atoms in total. The highest BCUT2D eigenvalue weighted by Crippen LogP contribution is 2.29. The topological polar surface area (TPSA) is 102 Å². The molecule has 1 atom stereocenters. The molecule has 0 saturated carbocycles. The molecule has 0 spiro atoms. The van der Waals surface area contributed by atoms with Gasteiger partial charge in [0.15, 0.2) is 21.3 Å². The number of nitrogens with zero attached hydrogens (tertiary/aromatic N) is 3. The Morgan fingerprint density at radius 3 is 2.81 bits per heavy atom. The van der Waals surface area contributed by atoms with E-state index in [9.17, 15) is 22.7 Å². The lowest BCUT2D eigenvalue weighted by Gasteiger charge is -2.09. The maximum Gasteiger partial charge on any atom is 0.198 e. The summed E-state index contributed by atoms with van der Waals surface area (Å²) in [7, 11) is -3.08. The van der Waals surface area contributed by atoms with E-state index in [1.807, 2.05) is 0 Å². The van der Waals surface area contributed by atoms with Crippen molar-refractivity contribution in [2.75, 3.05) is 11.5 Å². The van der Waals surface area contributed by atoms with Crippen LogP contribution in [0.4, 0.5) is 4.39 Å². The number of halogens is 1. The van der Waals surface area contributed by atoms with E-state index in [-0.39, 0.29) is 34.4 Å². The number of carbonyl (C=O) groups is 1. The van der Waals surface area contributed by atoms with Crippen LogP contribution in [0.2, 0.25) is 0 Å². The number of carbonyl (C=O) groups excluding carboxylic acids is 1. The SMILES string of the molecule is Cc1nn([C@H]2CCS(=O)(=O)C2)c2ncc(C(=O)c3cc(F)ccc3O)cc12. The van der Waals surface area contributed by atoms with Crippen LogP contribution in [0.3, 0.4) is 0 Å². The van der Waals surface area contributed by atoms with Crippen LogP contribution in [-0.2, 0) is 9.84 Å². The summed E-state index contributed by atoms with van der Waals surface area (Å²) in [5.74, 6) is -1.37. The maximum atomic E-state index is 13.4. The van der Waals surface area contributed by atoms with Crippen molar-refractivity contribution in [3.05, 3.63) is 53.1 Å². The summed E-state index contributed by atoms with van der Waals surface area (Å²) < 4.78 is 38.6. The van der Waals surface area contributed by atoms with Crippen molar-refractivity contribution in [1.82, 2.24) is 14.8 Å². The number of phenolic OH excluding ortho intramolecular Hbond substituents is 1. The van der Waals surface area contributed by atoms with Crippen molar-refractivity contribution in [3.8, 4) is 5.75 Å². The molecule has 1 aliphatic heterocycles. The zero-order chi connectivity index (χ0) is 19.3. The Labute approximate surface area is 154 Å². The smallest absolute Gasteiger partial charge is 0.198 e. The largest absolute Gasteiger partial charge is 0.507 e. The van der Waals surface area contributed by atoms with Gasteiger partial charge in [0, 0.05) is 17.1 Å². The first-order valence-corrected chi connectivity index (χ1v) is 10.2. The molecule has 3 heterocycles. The lowest BCUT2D eigenvalue weighted by Crippen LogP contribution is -2.13. The molecule has 0 amide bonds. The van der Waals surface area contributed by atoms with Crippen LogP contribution < -0.4 is 0 Å². The highest BCUT2D eigenvalue weighted by Gasteiger charge is 2.31. The summed E-state index contributed by atoms with van der Waals surface area (Å²) in [5, 5.41) is 14.9. The van der Waals surface area contributed by atoms with Gasteiger partial charge in [-0.2, -0.15) is 5.10 Å². The molecule has 2 aromatic heterocycles. The second-order valence-electron chi connectivity index (χ2n) is 6.67. The Morgan fingerprint density at radius 2 is 2.11 bits per heavy atom. The average Bonchev–Trinajstić information content (AvgIpc) is 3.15. The molecule has 27 heavy (non-hydrogen) atoms. The monoisotopic (exact) mass is 389 g/mol. The molecular formula is C18H16FN3O4S. The Balaban J connectivity index is 1.76. The summed E-state index contributed by atoms with van der Waals surface area (Å²) in [6, 6.07) is 4.46. The molecular weight excluding hydrogens is 373 g/mol. The summed E-state index contributed by atoms with van der Waals surface area (Å²) in [5.41, 5.74) is 1.14. The van der Waals surface area contributed by atoms with Gasteiger partial charge in [-0.25, -0.2) is 22.5 Å². The summed E-state index contributed by atoms with van der Waals surface area (Å²) in [4.78, 5) is 17.0. The van der Waals surface area contributed by atoms with Crippen molar-refractivity contribution in [1.29, 1.82) is 0 Å². The van der Waals surface area contributed by atoms with E-state index in [1.165, 1.54) is 6.20 Å². The van der Waals surface area contributed by atoms with E-state index in [4.69, 9.17) is 0 Å². The number of phenols is 1. The highest BCUT2D eigenvalue weighted by atomic mass is 32.2. The number of pyridine rings is 1. The fraction of sp³-hybridized carbons (Fsp3) is 0.278. The Kier molecular flexibility index (Phi) is 3.99. The Bertz CT molecular complexity index is 1190. The molecule has 9 heteroatoms. The van der Waals surface area contributed by atoms with Gasteiger partial charge >= 0.3 is 0 Å². The first-order chi connectivity index (χ1) is 12.7. The van der Waals surface area contributed by atoms with Crippen LogP contribution in [0.5, 0.6) is 5.75 Å². The number of fused-ring (bicyclic) bond motifs is 1. The molecule has 0 bridgehead atoms. The van der Waals surface area contributed by atoms with Gasteiger partial charge < -0.3 is 5.11 Å².